The van der Waals surface area contributed by atoms with Gasteiger partial charge in [0, 0.05) is 6.61 Å². The molecular formula is C28H32O. The minimum atomic E-state index is 0.340. The summed E-state index contributed by atoms with van der Waals surface area (Å²) in [7, 11) is 0. The van der Waals surface area contributed by atoms with Gasteiger partial charge >= 0.3 is 0 Å². The molecule has 0 radical (unpaired) electrons. The highest BCUT2D eigenvalue weighted by Gasteiger charge is 2.21. The van der Waals surface area contributed by atoms with Crippen molar-refractivity contribution in [3.63, 3.8) is 0 Å². The number of aliphatic hydroxyl groups excluding tert-OH is 1. The van der Waals surface area contributed by atoms with E-state index < -0.39 is 0 Å². The second-order valence-electron chi connectivity index (χ2n) is 8.48. The molecule has 1 aliphatic carbocycles. The molecule has 1 aliphatic rings. The van der Waals surface area contributed by atoms with E-state index in [1.165, 1.54) is 59.1 Å². The summed E-state index contributed by atoms with van der Waals surface area (Å²) in [6, 6.07) is 27.0. The summed E-state index contributed by atoms with van der Waals surface area (Å²) in [6.45, 7) is 2.53. The van der Waals surface area contributed by atoms with Gasteiger partial charge in [0.15, 0.2) is 0 Å². The van der Waals surface area contributed by atoms with Gasteiger partial charge in [-0.3, -0.25) is 0 Å². The molecule has 0 saturated heterocycles. The lowest BCUT2D eigenvalue weighted by molar-refractivity contribution is 0.222. The van der Waals surface area contributed by atoms with Crippen molar-refractivity contribution in [2.24, 2.45) is 5.92 Å². The summed E-state index contributed by atoms with van der Waals surface area (Å²) >= 11 is 0. The Balaban J connectivity index is 1.42. The molecule has 3 aromatic rings. The molecule has 3 aromatic carbocycles. The minimum Gasteiger partial charge on any atom is -0.396 e. The lowest BCUT2D eigenvalue weighted by Gasteiger charge is -2.28. The van der Waals surface area contributed by atoms with Gasteiger partial charge < -0.3 is 5.11 Å². The molecule has 1 N–H and O–H groups in total. The van der Waals surface area contributed by atoms with Crippen molar-refractivity contribution in [2.45, 2.75) is 51.4 Å². The first-order valence-corrected chi connectivity index (χ1v) is 11.2. The lowest BCUT2D eigenvalue weighted by atomic mass is 9.77. The average molecular weight is 385 g/mol. The summed E-state index contributed by atoms with van der Waals surface area (Å²) in [5, 5.41) is 9.14. The average Bonchev–Trinajstić information content (AvgIpc) is 2.80. The third kappa shape index (κ3) is 4.79. The van der Waals surface area contributed by atoms with Crippen LogP contribution in [0.1, 0.15) is 56.1 Å². The van der Waals surface area contributed by atoms with E-state index in [2.05, 4.69) is 79.7 Å². The maximum atomic E-state index is 9.14. The second-order valence-corrected chi connectivity index (χ2v) is 8.48. The molecule has 1 nitrogen and oxygen atoms in total. The predicted molar refractivity (Wildman–Crippen MR) is 123 cm³/mol. The van der Waals surface area contributed by atoms with E-state index in [4.69, 9.17) is 5.11 Å². The first-order chi connectivity index (χ1) is 14.3. The Kier molecular flexibility index (Phi) is 6.46. The highest BCUT2D eigenvalue weighted by molar-refractivity contribution is 5.70. The summed E-state index contributed by atoms with van der Waals surface area (Å²) < 4.78 is 0. The van der Waals surface area contributed by atoms with Gasteiger partial charge in [-0.25, -0.2) is 0 Å². The number of rotatable bonds is 6. The van der Waals surface area contributed by atoms with Crippen LogP contribution >= 0.6 is 0 Å². The van der Waals surface area contributed by atoms with E-state index in [0.29, 0.717) is 12.5 Å². The molecule has 150 valence electrons. The molecular weight excluding hydrogens is 352 g/mol. The summed E-state index contributed by atoms with van der Waals surface area (Å²) in [5.74, 6) is 1.42. The van der Waals surface area contributed by atoms with Gasteiger partial charge in [-0.15, -0.1) is 0 Å². The molecule has 0 unspecified atom stereocenters. The van der Waals surface area contributed by atoms with Crippen LogP contribution in [0, 0.1) is 5.92 Å². The maximum absolute atomic E-state index is 9.14. The molecule has 0 aliphatic heterocycles. The fourth-order valence-corrected chi connectivity index (χ4v) is 4.70. The Labute approximate surface area is 175 Å². The van der Waals surface area contributed by atoms with Crippen LogP contribution in [-0.2, 0) is 6.42 Å². The van der Waals surface area contributed by atoms with E-state index in [-0.39, 0.29) is 0 Å². The van der Waals surface area contributed by atoms with Gasteiger partial charge in [-0.2, -0.15) is 0 Å². The molecule has 0 amide bonds. The van der Waals surface area contributed by atoms with Crippen LogP contribution in [0.2, 0.25) is 0 Å². The first-order valence-electron chi connectivity index (χ1n) is 11.2. The van der Waals surface area contributed by atoms with Crippen molar-refractivity contribution in [3.05, 3.63) is 83.9 Å². The van der Waals surface area contributed by atoms with Crippen molar-refractivity contribution in [1.29, 1.82) is 0 Å². The zero-order chi connectivity index (χ0) is 20.1. The van der Waals surface area contributed by atoms with Crippen LogP contribution in [0.3, 0.4) is 0 Å². The Hall–Kier alpha value is -2.38. The third-order valence-electron chi connectivity index (χ3n) is 6.68. The zero-order valence-corrected chi connectivity index (χ0v) is 17.5. The SMILES string of the molecule is CCc1ccc(-c2ccc(-c3ccc(C4CCC(CCO)CC4)cc3)cc2)cc1. The number of aryl methyl sites for hydroxylation is 1. The summed E-state index contributed by atoms with van der Waals surface area (Å²) in [6.07, 6.45) is 7.09. The molecule has 0 atom stereocenters. The van der Waals surface area contributed by atoms with Crippen LogP contribution < -0.4 is 0 Å². The van der Waals surface area contributed by atoms with E-state index in [1.807, 2.05) is 0 Å². The van der Waals surface area contributed by atoms with Crippen molar-refractivity contribution >= 4 is 0 Å². The molecule has 0 bridgehead atoms. The van der Waals surface area contributed by atoms with Crippen molar-refractivity contribution < 1.29 is 5.11 Å². The van der Waals surface area contributed by atoms with Crippen molar-refractivity contribution in [3.8, 4) is 22.3 Å². The van der Waals surface area contributed by atoms with Crippen LogP contribution in [0.25, 0.3) is 22.3 Å². The number of hydrogen-bond acceptors (Lipinski definition) is 1. The topological polar surface area (TPSA) is 20.2 Å². The van der Waals surface area contributed by atoms with E-state index in [0.717, 1.165) is 18.8 Å². The Morgan fingerprint density at radius 3 is 1.55 bits per heavy atom. The highest BCUT2D eigenvalue weighted by atomic mass is 16.3. The Morgan fingerprint density at radius 2 is 1.10 bits per heavy atom. The van der Waals surface area contributed by atoms with Crippen LogP contribution in [0.5, 0.6) is 0 Å². The highest BCUT2D eigenvalue weighted by Crippen LogP contribution is 2.37. The van der Waals surface area contributed by atoms with Gasteiger partial charge in [0.2, 0.25) is 0 Å². The van der Waals surface area contributed by atoms with Crippen LogP contribution in [0.15, 0.2) is 72.8 Å². The number of aliphatic hydroxyl groups is 1. The largest absolute Gasteiger partial charge is 0.396 e. The molecule has 0 spiro atoms. The van der Waals surface area contributed by atoms with Gasteiger partial charge in [0.05, 0.1) is 0 Å². The van der Waals surface area contributed by atoms with Crippen molar-refractivity contribution in [2.75, 3.05) is 6.61 Å². The maximum Gasteiger partial charge on any atom is 0.0433 e. The first kappa shape index (κ1) is 19.9. The standard InChI is InChI=1S/C28H32O/c1-2-21-3-7-23(8-4-21)25-11-15-27(16-12-25)28-17-13-26(14-18-28)24-9-5-22(6-10-24)19-20-29/h3-4,7-8,11-18,22,24,29H,2,5-6,9-10,19-20H2,1H3. The molecule has 0 heterocycles. The Bertz CT molecular complexity index is 883. The van der Waals surface area contributed by atoms with E-state index in [9.17, 15) is 0 Å². The third-order valence-corrected chi connectivity index (χ3v) is 6.68. The monoisotopic (exact) mass is 384 g/mol. The normalized spacial score (nSPS) is 19.2. The van der Waals surface area contributed by atoms with E-state index in [1.54, 1.807) is 0 Å². The molecule has 0 aromatic heterocycles. The zero-order valence-electron chi connectivity index (χ0n) is 17.5. The van der Waals surface area contributed by atoms with E-state index >= 15 is 0 Å². The molecule has 1 heteroatoms. The molecule has 1 fully saturated rings. The molecule has 4 rings (SSSR count). The molecule has 1 saturated carbocycles. The minimum absolute atomic E-state index is 0.340. The van der Waals surface area contributed by atoms with Crippen LogP contribution in [-0.4, -0.2) is 11.7 Å². The molecule has 29 heavy (non-hydrogen) atoms. The quantitative estimate of drug-likeness (QED) is 0.475. The predicted octanol–water partition coefficient (Wildman–Crippen LogP) is 7.24. The van der Waals surface area contributed by atoms with Gasteiger partial charge in [-0.05, 0) is 83.7 Å². The second kappa shape index (κ2) is 9.41. The Morgan fingerprint density at radius 1 is 0.655 bits per heavy atom. The summed E-state index contributed by atoms with van der Waals surface area (Å²) in [5.41, 5.74) is 7.97. The number of hydrogen-bond donors (Lipinski definition) is 1. The fourth-order valence-electron chi connectivity index (χ4n) is 4.70. The lowest BCUT2D eigenvalue weighted by Crippen LogP contribution is -2.14. The van der Waals surface area contributed by atoms with Crippen molar-refractivity contribution in [1.82, 2.24) is 0 Å². The summed E-state index contributed by atoms with van der Waals surface area (Å²) in [4.78, 5) is 0. The fraction of sp³-hybridized carbons (Fsp3) is 0.357. The number of benzene rings is 3. The van der Waals surface area contributed by atoms with Gasteiger partial charge in [-0.1, -0.05) is 79.7 Å². The van der Waals surface area contributed by atoms with Crippen LogP contribution in [0.4, 0.5) is 0 Å². The van der Waals surface area contributed by atoms with Gasteiger partial charge in [0.25, 0.3) is 0 Å². The smallest absolute Gasteiger partial charge is 0.0433 e. The van der Waals surface area contributed by atoms with Gasteiger partial charge in [0.1, 0.15) is 0 Å².